The van der Waals surface area contributed by atoms with Crippen molar-refractivity contribution in [1.82, 2.24) is 0 Å². The van der Waals surface area contributed by atoms with Gasteiger partial charge in [-0.05, 0) is 59.9 Å². The summed E-state index contributed by atoms with van der Waals surface area (Å²) in [6.07, 6.45) is 1.56. The molecule has 0 aliphatic rings. The molecular weight excluding hydrogens is 328 g/mol. The minimum absolute atomic E-state index is 0.0846. The second-order valence-corrected chi connectivity index (χ2v) is 6.89. The molecular formula is C21H26N2O3. The summed E-state index contributed by atoms with van der Waals surface area (Å²) in [7, 11) is 0. The van der Waals surface area contributed by atoms with Crippen LogP contribution in [0.25, 0.3) is 0 Å². The van der Waals surface area contributed by atoms with Gasteiger partial charge in [0.1, 0.15) is 5.75 Å². The maximum atomic E-state index is 11.9. The van der Waals surface area contributed by atoms with Gasteiger partial charge >= 0.3 is 0 Å². The van der Waals surface area contributed by atoms with Gasteiger partial charge in [-0.2, -0.15) is 0 Å². The van der Waals surface area contributed by atoms with E-state index in [4.69, 9.17) is 9.57 Å². The Labute approximate surface area is 155 Å². The highest BCUT2D eigenvalue weighted by atomic mass is 16.6. The van der Waals surface area contributed by atoms with E-state index in [2.05, 4.69) is 31.2 Å². The summed E-state index contributed by atoms with van der Waals surface area (Å²) in [5.41, 5.74) is 2.90. The molecule has 0 spiro atoms. The van der Waals surface area contributed by atoms with E-state index in [1.165, 1.54) is 5.56 Å². The molecule has 0 bridgehead atoms. The van der Waals surface area contributed by atoms with Crippen molar-refractivity contribution in [2.45, 2.75) is 33.1 Å². The molecule has 2 aromatic rings. The van der Waals surface area contributed by atoms with Crippen molar-refractivity contribution in [3.63, 3.8) is 0 Å². The predicted octanol–water partition coefficient (Wildman–Crippen LogP) is 4.37. The van der Waals surface area contributed by atoms with Crippen LogP contribution in [0.4, 0.5) is 5.69 Å². The Morgan fingerprint density at radius 3 is 2.31 bits per heavy atom. The molecule has 5 nitrogen and oxygen atoms in total. The zero-order valence-electron chi connectivity index (χ0n) is 15.8. The van der Waals surface area contributed by atoms with Gasteiger partial charge in [-0.1, -0.05) is 38.1 Å². The van der Waals surface area contributed by atoms with Crippen LogP contribution in [-0.2, 0) is 15.0 Å². The Balaban J connectivity index is 1.78. The number of rotatable bonds is 7. The van der Waals surface area contributed by atoms with E-state index >= 15 is 0 Å². The lowest BCUT2D eigenvalue weighted by atomic mass is 9.87. The van der Waals surface area contributed by atoms with Gasteiger partial charge in [0, 0.05) is 5.69 Å². The molecule has 1 amide bonds. The molecule has 138 valence electrons. The monoisotopic (exact) mass is 354 g/mol. The van der Waals surface area contributed by atoms with Gasteiger partial charge in [0.2, 0.25) is 0 Å². The van der Waals surface area contributed by atoms with Crippen LogP contribution >= 0.6 is 0 Å². The molecule has 0 aliphatic heterocycles. The number of carbonyl (C=O) groups excluding carboxylic acids is 1. The van der Waals surface area contributed by atoms with Crippen molar-refractivity contribution in [3.05, 3.63) is 59.7 Å². The average Bonchev–Trinajstić information content (AvgIpc) is 2.60. The SMILES string of the molecule is CCOc1ccc(/C=N\OCC(=O)Nc2ccc(C(C)(C)C)cc2)cc1. The van der Waals surface area contributed by atoms with E-state index < -0.39 is 0 Å². The quantitative estimate of drug-likeness (QED) is 0.593. The van der Waals surface area contributed by atoms with E-state index in [0.717, 1.165) is 17.0 Å². The molecule has 5 heteroatoms. The van der Waals surface area contributed by atoms with Crippen LogP contribution in [0, 0.1) is 0 Å². The Kier molecular flexibility index (Phi) is 6.78. The maximum absolute atomic E-state index is 11.9. The van der Waals surface area contributed by atoms with Gasteiger partial charge < -0.3 is 14.9 Å². The standard InChI is InChI=1S/C21H26N2O3/c1-5-25-19-12-6-16(7-13-19)14-22-26-15-20(24)23-18-10-8-17(9-11-18)21(2,3)4/h6-14H,5,15H2,1-4H3,(H,23,24)/b22-14-. The summed E-state index contributed by atoms with van der Waals surface area (Å²) >= 11 is 0. The van der Waals surface area contributed by atoms with E-state index in [1.54, 1.807) is 6.21 Å². The highest BCUT2D eigenvalue weighted by Gasteiger charge is 2.13. The van der Waals surface area contributed by atoms with Gasteiger partial charge in [0.15, 0.2) is 6.61 Å². The molecule has 0 fully saturated rings. The largest absolute Gasteiger partial charge is 0.494 e. The van der Waals surface area contributed by atoms with Crippen molar-refractivity contribution in [2.24, 2.45) is 5.16 Å². The Morgan fingerprint density at radius 1 is 1.08 bits per heavy atom. The lowest BCUT2D eigenvalue weighted by Crippen LogP contribution is -2.17. The first-order chi connectivity index (χ1) is 12.4. The van der Waals surface area contributed by atoms with E-state index in [9.17, 15) is 4.79 Å². The molecule has 2 rings (SSSR count). The van der Waals surface area contributed by atoms with Crippen molar-refractivity contribution in [2.75, 3.05) is 18.5 Å². The van der Waals surface area contributed by atoms with Crippen LogP contribution in [0.15, 0.2) is 53.7 Å². The lowest BCUT2D eigenvalue weighted by molar-refractivity contribution is -0.120. The third-order valence-corrected chi connectivity index (χ3v) is 3.70. The second-order valence-electron chi connectivity index (χ2n) is 6.89. The van der Waals surface area contributed by atoms with Gasteiger partial charge in [0.25, 0.3) is 5.91 Å². The van der Waals surface area contributed by atoms with Crippen molar-refractivity contribution >= 4 is 17.8 Å². The van der Waals surface area contributed by atoms with Gasteiger partial charge in [-0.25, -0.2) is 0 Å². The Morgan fingerprint density at radius 2 is 1.73 bits per heavy atom. The fourth-order valence-electron chi connectivity index (χ4n) is 2.26. The minimum atomic E-state index is -0.252. The number of nitrogens with zero attached hydrogens (tertiary/aromatic N) is 1. The first-order valence-electron chi connectivity index (χ1n) is 8.67. The molecule has 0 unspecified atom stereocenters. The molecule has 0 radical (unpaired) electrons. The topological polar surface area (TPSA) is 59.9 Å². The summed E-state index contributed by atoms with van der Waals surface area (Å²) in [5, 5.41) is 6.61. The summed E-state index contributed by atoms with van der Waals surface area (Å²) in [4.78, 5) is 16.9. The number of ether oxygens (including phenoxy) is 1. The number of hydrogen-bond acceptors (Lipinski definition) is 4. The molecule has 0 atom stereocenters. The summed E-state index contributed by atoms with van der Waals surface area (Å²) in [5.74, 6) is 0.555. The molecule has 0 aromatic heterocycles. The van der Waals surface area contributed by atoms with Crippen molar-refractivity contribution < 1.29 is 14.4 Å². The average molecular weight is 354 g/mol. The number of oxime groups is 1. The Hall–Kier alpha value is -2.82. The lowest BCUT2D eigenvalue weighted by Gasteiger charge is -2.19. The fourth-order valence-corrected chi connectivity index (χ4v) is 2.26. The molecule has 2 aromatic carbocycles. The Bertz CT molecular complexity index is 729. The smallest absolute Gasteiger partial charge is 0.265 e. The van der Waals surface area contributed by atoms with E-state index in [-0.39, 0.29) is 17.9 Å². The number of amides is 1. The van der Waals surface area contributed by atoms with Crippen molar-refractivity contribution in [3.8, 4) is 5.75 Å². The molecule has 1 N–H and O–H groups in total. The van der Waals surface area contributed by atoms with Crippen LogP contribution in [0.1, 0.15) is 38.8 Å². The summed E-state index contributed by atoms with van der Waals surface area (Å²) in [6.45, 7) is 8.87. The number of nitrogens with one attached hydrogen (secondary N) is 1. The van der Waals surface area contributed by atoms with Crippen LogP contribution in [0.5, 0.6) is 5.75 Å². The second kappa shape index (κ2) is 9.04. The maximum Gasteiger partial charge on any atom is 0.265 e. The van der Waals surface area contributed by atoms with Gasteiger partial charge in [-0.3, -0.25) is 4.79 Å². The normalized spacial score (nSPS) is 11.4. The zero-order chi connectivity index (χ0) is 19.0. The minimum Gasteiger partial charge on any atom is -0.494 e. The van der Waals surface area contributed by atoms with Gasteiger partial charge in [-0.15, -0.1) is 0 Å². The first kappa shape index (κ1) is 19.5. The summed E-state index contributed by atoms with van der Waals surface area (Å²) in [6, 6.07) is 15.3. The molecule has 0 aliphatic carbocycles. The summed E-state index contributed by atoms with van der Waals surface area (Å²) < 4.78 is 5.37. The predicted molar refractivity (Wildman–Crippen MR) is 105 cm³/mol. The van der Waals surface area contributed by atoms with Crippen LogP contribution in [-0.4, -0.2) is 25.3 Å². The zero-order valence-corrected chi connectivity index (χ0v) is 15.8. The fraction of sp³-hybridized carbons (Fsp3) is 0.333. The molecule has 26 heavy (non-hydrogen) atoms. The van der Waals surface area contributed by atoms with E-state index in [1.807, 2.05) is 55.5 Å². The van der Waals surface area contributed by atoms with Gasteiger partial charge in [0.05, 0.1) is 12.8 Å². The number of benzene rings is 2. The number of anilines is 1. The van der Waals surface area contributed by atoms with Crippen LogP contribution in [0.3, 0.4) is 0 Å². The molecule has 0 heterocycles. The van der Waals surface area contributed by atoms with Crippen LogP contribution in [0.2, 0.25) is 0 Å². The third kappa shape index (κ3) is 6.24. The highest BCUT2D eigenvalue weighted by Crippen LogP contribution is 2.23. The third-order valence-electron chi connectivity index (χ3n) is 3.70. The number of carbonyl (C=O) groups is 1. The van der Waals surface area contributed by atoms with E-state index in [0.29, 0.717) is 6.61 Å². The molecule has 0 saturated carbocycles. The number of hydrogen-bond donors (Lipinski definition) is 1. The van der Waals surface area contributed by atoms with Crippen molar-refractivity contribution in [1.29, 1.82) is 0 Å². The first-order valence-corrected chi connectivity index (χ1v) is 8.67. The van der Waals surface area contributed by atoms with Crippen LogP contribution < -0.4 is 10.1 Å². The molecule has 0 saturated heterocycles. The highest BCUT2D eigenvalue weighted by molar-refractivity contribution is 5.91.